The molecule has 0 atom stereocenters. The summed E-state index contributed by atoms with van der Waals surface area (Å²) in [7, 11) is 3.18. The summed E-state index contributed by atoms with van der Waals surface area (Å²) < 4.78 is 12.3. The first-order chi connectivity index (χ1) is 13.1. The highest BCUT2D eigenvalue weighted by atomic mass is 16.5. The number of benzene rings is 2. The second-order valence-electron chi connectivity index (χ2n) is 5.70. The van der Waals surface area contributed by atoms with Gasteiger partial charge >= 0.3 is 0 Å². The monoisotopic (exact) mass is 362 g/mol. The zero-order valence-corrected chi connectivity index (χ0v) is 15.0. The number of hydrogen-bond acceptors (Lipinski definition) is 5. The average Bonchev–Trinajstić information content (AvgIpc) is 3.14. The molecule has 0 aliphatic rings. The molecule has 2 aromatic carbocycles. The van der Waals surface area contributed by atoms with Crippen LogP contribution in [-0.4, -0.2) is 29.9 Å². The van der Waals surface area contributed by atoms with Gasteiger partial charge in [0.1, 0.15) is 17.3 Å². The molecule has 136 valence electrons. The van der Waals surface area contributed by atoms with E-state index in [0.29, 0.717) is 35.0 Å². The minimum Gasteiger partial charge on any atom is -0.497 e. The van der Waals surface area contributed by atoms with Crippen molar-refractivity contribution >= 4 is 11.7 Å². The van der Waals surface area contributed by atoms with Crippen molar-refractivity contribution in [1.82, 2.24) is 9.78 Å². The van der Waals surface area contributed by atoms with Crippen LogP contribution in [-0.2, 0) is 6.54 Å². The summed E-state index contributed by atoms with van der Waals surface area (Å²) >= 11 is 0. The molecule has 0 unspecified atom stereocenters. The van der Waals surface area contributed by atoms with Crippen LogP contribution in [0.4, 0.5) is 5.82 Å². The number of hydrogen-bond donors (Lipinski definition) is 1. The molecule has 7 nitrogen and oxygen atoms in total. The van der Waals surface area contributed by atoms with E-state index in [9.17, 15) is 4.79 Å². The number of ether oxygens (including phenoxy) is 2. The average molecular weight is 362 g/mol. The zero-order valence-electron chi connectivity index (χ0n) is 15.0. The van der Waals surface area contributed by atoms with E-state index in [-0.39, 0.29) is 5.91 Å². The Morgan fingerprint density at radius 3 is 2.78 bits per heavy atom. The van der Waals surface area contributed by atoms with Gasteiger partial charge in [0, 0.05) is 23.3 Å². The summed E-state index contributed by atoms with van der Waals surface area (Å²) in [5.74, 6) is 1.60. The van der Waals surface area contributed by atoms with Gasteiger partial charge in [0.05, 0.1) is 38.6 Å². The van der Waals surface area contributed by atoms with E-state index >= 15 is 0 Å². The maximum Gasteiger partial charge on any atom is 0.256 e. The van der Waals surface area contributed by atoms with Gasteiger partial charge in [0.15, 0.2) is 0 Å². The van der Waals surface area contributed by atoms with Gasteiger partial charge in [0.2, 0.25) is 0 Å². The van der Waals surface area contributed by atoms with E-state index in [1.807, 2.05) is 18.2 Å². The number of rotatable bonds is 6. The van der Waals surface area contributed by atoms with Crippen molar-refractivity contribution < 1.29 is 14.3 Å². The van der Waals surface area contributed by atoms with Crippen molar-refractivity contribution in [3.05, 3.63) is 71.4 Å². The van der Waals surface area contributed by atoms with E-state index < -0.39 is 0 Å². The maximum absolute atomic E-state index is 12.5. The Kier molecular flexibility index (Phi) is 5.38. The van der Waals surface area contributed by atoms with E-state index in [4.69, 9.17) is 14.7 Å². The molecular weight excluding hydrogens is 344 g/mol. The first-order valence-corrected chi connectivity index (χ1v) is 8.19. The lowest BCUT2D eigenvalue weighted by Gasteiger charge is -2.13. The fourth-order valence-electron chi connectivity index (χ4n) is 2.63. The summed E-state index contributed by atoms with van der Waals surface area (Å²) in [5.41, 5.74) is 1.73. The van der Waals surface area contributed by atoms with Crippen LogP contribution in [0, 0.1) is 11.3 Å². The molecule has 3 rings (SSSR count). The molecule has 0 radical (unpaired) electrons. The fraction of sp³-hybridized carbons (Fsp3) is 0.150. The highest BCUT2D eigenvalue weighted by Crippen LogP contribution is 2.26. The standard InChI is InChI=1S/C20H18N4O3/c1-26-17-7-6-16(18(11-17)27-2)13-24-19(8-9-22-24)23-20(25)15-5-3-4-14(10-15)12-21/h3-11H,13H2,1-2H3,(H,23,25). The number of aromatic nitrogens is 2. The molecule has 0 aliphatic heterocycles. The number of anilines is 1. The van der Waals surface area contributed by atoms with Crippen LogP contribution in [0.15, 0.2) is 54.7 Å². The number of nitrogens with zero attached hydrogens (tertiary/aromatic N) is 3. The molecule has 0 bridgehead atoms. The van der Waals surface area contributed by atoms with Crippen molar-refractivity contribution in [1.29, 1.82) is 5.26 Å². The highest BCUT2D eigenvalue weighted by Gasteiger charge is 2.12. The number of carbonyl (C=O) groups is 1. The smallest absolute Gasteiger partial charge is 0.256 e. The van der Waals surface area contributed by atoms with Crippen molar-refractivity contribution in [3.63, 3.8) is 0 Å². The van der Waals surface area contributed by atoms with Gasteiger partial charge < -0.3 is 14.8 Å². The lowest BCUT2D eigenvalue weighted by atomic mass is 10.1. The molecule has 0 saturated heterocycles. The quantitative estimate of drug-likeness (QED) is 0.728. The Labute approximate surface area is 156 Å². The predicted molar refractivity (Wildman–Crippen MR) is 100.0 cm³/mol. The Hall–Kier alpha value is -3.79. The Bertz CT molecular complexity index is 1000. The first-order valence-electron chi connectivity index (χ1n) is 8.19. The van der Waals surface area contributed by atoms with Crippen LogP contribution >= 0.6 is 0 Å². The van der Waals surface area contributed by atoms with Crippen molar-refractivity contribution in [2.24, 2.45) is 0 Å². The Balaban J connectivity index is 1.80. The van der Waals surface area contributed by atoms with Gasteiger partial charge in [-0.2, -0.15) is 10.4 Å². The number of nitriles is 1. The van der Waals surface area contributed by atoms with Crippen LogP contribution in [0.2, 0.25) is 0 Å². The number of carbonyl (C=O) groups excluding carboxylic acids is 1. The Morgan fingerprint density at radius 2 is 2.04 bits per heavy atom. The molecule has 1 amide bonds. The summed E-state index contributed by atoms with van der Waals surface area (Å²) in [4.78, 5) is 12.5. The summed E-state index contributed by atoms with van der Waals surface area (Å²) in [6.45, 7) is 0.411. The van der Waals surface area contributed by atoms with Crippen LogP contribution < -0.4 is 14.8 Å². The lowest BCUT2D eigenvalue weighted by molar-refractivity contribution is 0.102. The predicted octanol–water partition coefficient (Wildman–Crippen LogP) is 3.07. The van der Waals surface area contributed by atoms with Gasteiger partial charge in [-0.15, -0.1) is 0 Å². The molecule has 0 aliphatic carbocycles. The third-order valence-electron chi connectivity index (χ3n) is 4.03. The summed E-state index contributed by atoms with van der Waals surface area (Å²) in [5, 5.41) is 16.1. The SMILES string of the molecule is COc1ccc(Cn2nccc2NC(=O)c2cccc(C#N)c2)c(OC)c1. The van der Waals surface area contributed by atoms with Gasteiger partial charge in [-0.3, -0.25) is 4.79 Å². The van der Waals surface area contributed by atoms with Crippen molar-refractivity contribution in [3.8, 4) is 17.6 Å². The number of methoxy groups -OCH3 is 2. The van der Waals surface area contributed by atoms with Gasteiger partial charge in [-0.1, -0.05) is 6.07 Å². The van der Waals surface area contributed by atoms with E-state index in [1.165, 1.54) is 0 Å². The van der Waals surface area contributed by atoms with Crippen LogP contribution in [0.1, 0.15) is 21.5 Å². The summed E-state index contributed by atoms with van der Waals surface area (Å²) in [6.07, 6.45) is 1.61. The van der Waals surface area contributed by atoms with E-state index in [2.05, 4.69) is 10.4 Å². The fourth-order valence-corrected chi connectivity index (χ4v) is 2.63. The zero-order chi connectivity index (χ0) is 19.2. The third kappa shape index (κ3) is 4.07. The summed E-state index contributed by atoms with van der Waals surface area (Å²) in [6, 6.07) is 15.8. The largest absolute Gasteiger partial charge is 0.497 e. The van der Waals surface area contributed by atoms with Crippen LogP contribution in [0.5, 0.6) is 11.5 Å². The molecule has 0 fully saturated rings. The Morgan fingerprint density at radius 1 is 1.19 bits per heavy atom. The molecule has 0 saturated carbocycles. The molecule has 3 aromatic rings. The minimum atomic E-state index is -0.310. The molecular formula is C20H18N4O3. The van der Waals surface area contributed by atoms with Crippen LogP contribution in [0.25, 0.3) is 0 Å². The maximum atomic E-state index is 12.5. The molecule has 1 aromatic heterocycles. The van der Waals surface area contributed by atoms with E-state index in [0.717, 1.165) is 5.56 Å². The molecule has 1 N–H and O–H groups in total. The molecule has 7 heteroatoms. The highest BCUT2D eigenvalue weighted by molar-refractivity contribution is 6.04. The lowest BCUT2D eigenvalue weighted by Crippen LogP contribution is -2.16. The van der Waals surface area contributed by atoms with E-state index in [1.54, 1.807) is 61.5 Å². The molecule has 27 heavy (non-hydrogen) atoms. The van der Waals surface area contributed by atoms with Crippen LogP contribution in [0.3, 0.4) is 0 Å². The second kappa shape index (κ2) is 8.06. The second-order valence-corrected chi connectivity index (χ2v) is 5.70. The van der Waals surface area contributed by atoms with Gasteiger partial charge in [-0.25, -0.2) is 4.68 Å². The van der Waals surface area contributed by atoms with Crippen molar-refractivity contribution in [2.45, 2.75) is 6.54 Å². The topological polar surface area (TPSA) is 89.2 Å². The molecule has 1 heterocycles. The third-order valence-corrected chi connectivity index (χ3v) is 4.03. The number of nitrogens with one attached hydrogen (secondary N) is 1. The minimum absolute atomic E-state index is 0.310. The number of amides is 1. The first kappa shape index (κ1) is 18.0. The van der Waals surface area contributed by atoms with Crippen molar-refractivity contribution in [2.75, 3.05) is 19.5 Å². The molecule has 0 spiro atoms. The van der Waals surface area contributed by atoms with Gasteiger partial charge in [0.25, 0.3) is 5.91 Å². The van der Waals surface area contributed by atoms with Gasteiger partial charge in [-0.05, 0) is 30.3 Å². The normalized spacial score (nSPS) is 10.1.